The lowest BCUT2D eigenvalue weighted by molar-refractivity contribution is -0.145. The summed E-state index contributed by atoms with van der Waals surface area (Å²) < 4.78 is 0. The van der Waals surface area contributed by atoms with Crippen LogP contribution in [0.5, 0.6) is 0 Å². The molecule has 1 aromatic heterocycles. The SMILES string of the molecule is CC(C)(C)c1ccc(C(O)C2CC=CCC2C(=O)O)s1. The van der Waals surface area contributed by atoms with E-state index in [-0.39, 0.29) is 11.3 Å². The zero-order valence-corrected chi connectivity index (χ0v) is 13.0. The van der Waals surface area contributed by atoms with Gasteiger partial charge in [0.05, 0.1) is 12.0 Å². The lowest BCUT2D eigenvalue weighted by Gasteiger charge is -2.29. The first-order valence-electron chi connectivity index (χ1n) is 6.97. The third-order valence-corrected chi connectivity index (χ3v) is 5.44. The molecule has 3 nitrogen and oxygen atoms in total. The standard InChI is InChI=1S/C16H22O3S/c1-16(2,3)13-9-8-12(20-13)14(17)10-6-4-5-7-11(10)15(18)19/h4-5,8-11,14,17H,6-7H2,1-3H3,(H,18,19). The van der Waals surface area contributed by atoms with Gasteiger partial charge in [-0.25, -0.2) is 0 Å². The number of aliphatic hydroxyl groups is 1. The second kappa shape index (κ2) is 5.70. The molecule has 0 aromatic carbocycles. The van der Waals surface area contributed by atoms with Gasteiger partial charge in [-0.2, -0.15) is 0 Å². The Hall–Kier alpha value is -1.13. The number of aliphatic hydroxyl groups excluding tert-OH is 1. The first-order valence-corrected chi connectivity index (χ1v) is 7.78. The molecule has 0 saturated carbocycles. The van der Waals surface area contributed by atoms with Crippen LogP contribution < -0.4 is 0 Å². The summed E-state index contributed by atoms with van der Waals surface area (Å²) in [6.07, 6.45) is 4.32. The van der Waals surface area contributed by atoms with Crippen LogP contribution in [0.1, 0.15) is 49.5 Å². The second-order valence-corrected chi connectivity index (χ2v) is 7.56. The molecule has 1 aliphatic carbocycles. The van der Waals surface area contributed by atoms with Crippen LogP contribution in [0.4, 0.5) is 0 Å². The number of aliphatic carboxylic acids is 1. The fourth-order valence-electron chi connectivity index (χ4n) is 2.59. The van der Waals surface area contributed by atoms with Crippen molar-refractivity contribution < 1.29 is 15.0 Å². The van der Waals surface area contributed by atoms with Crippen molar-refractivity contribution in [2.24, 2.45) is 11.8 Å². The number of allylic oxidation sites excluding steroid dienone is 2. The predicted octanol–water partition coefficient (Wildman–Crippen LogP) is 3.75. The van der Waals surface area contributed by atoms with Crippen molar-refractivity contribution in [1.82, 2.24) is 0 Å². The van der Waals surface area contributed by atoms with E-state index in [4.69, 9.17) is 0 Å². The van der Waals surface area contributed by atoms with E-state index in [0.717, 1.165) is 4.88 Å². The lowest BCUT2D eigenvalue weighted by atomic mass is 9.79. The molecule has 20 heavy (non-hydrogen) atoms. The van der Waals surface area contributed by atoms with Crippen LogP contribution in [0.25, 0.3) is 0 Å². The van der Waals surface area contributed by atoms with Gasteiger partial charge in [-0.1, -0.05) is 32.9 Å². The molecular weight excluding hydrogens is 272 g/mol. The molecule has 3 unspecified atom stereocenters. The Kier molecular flexibility index (Phi) is 4.35. The maximum absolute atomic E-state index is 11.3. The van der Waals surface area contributed by atoms with E-state index in [9.17, 15) is 15.0 Å². The van der Waals surface area contributed by atoms with Gasteiger partial charge in [0.2, 0.25) is 0 Å². The summed E-state index contributed by atoms with van der Waals surface area (Å²) in [6, 6.07) is 3.98. The molecule has 2 N–H and O–H groups in total. The first-order chi connectivity index (χ1) is 9.30. The number of carboxylic acid groups (broad SMARTS) is 1. The number of carbonyl (C=O) groups is 1. The van der Waals surface area contributed by atoms with Crippen LogP contribution in [-0.2, 0) is 10.2 Å². The van der Waals surface area contributed by atoms with Crippen LogP contribution >= 0.6 is 11.3 Å². The molecule has 4 heteroatoms. The van der Waals surface area contributed by atoms with E-state index in [2.05, 4.69) is 20.8 Å². The molecule has 0 aliphatic heterocycles. The fraction of sp³-hybridized carbons (Fsp3) is 0.562. The Morgan fingerprint density at radius 2 is 1.95 bits per heavy atom. The third-order valence-electron chi connectivity index (χ3n) is 3.86. The van der Waals surface area contributed by atoms with Gasteiger partial charge < -0.3 is 10.2 Å². The highest BCUT2D eigenvalue weighted by Gasteiger charge is 2.35. The smallest absolute Gasteiger partial charge is 0.307 e. The highest BCUT2D eigenvalue weighted by Crippen LogP contribution is 2.40. The molecular formula is C16H22O3S. The van der Waals surface area contributed by atoms with Gasteiger partial charge in [0.25, 0.3) is 0 Å². The van der Waals surface area contributed by atoms with Gasteiger partial charge in [-0.15, -0.1) is 11.3 Å². The lowest BCUT2D eigenvalue weighted by Crippen LogP contribution is -2.29. The minimum atomic E-state index is -0.814. The van der Waals surface area contributed by atoms with E-state index in [1.54, 1.807) is 11.3 Å². The molecule has 0 radical (unpaired) electrons. The normalized spacial score (nSPS) is 24.6. The summed E-state index contributed by atoms with van der Waals surface area (Å²) in [5.74, 6) is -1.54. The number of hydrogen-bond acceptors (Lipinski definition) is 3. The van der Waals surface area contributed by atoms with E-state index < -0.39 is 18.0 Å². The Bertz CT molecular complexity index is 510. The molecule has 0 spiro atoms. The molecule has 110 valence electrons. The van der Waals surface area contributed by atoms with Crippen LogP contribution in [-0.4, -0.2) is 16.2 Å². The molecule has 0 amide bonds. The Balaban J connectivity index is 2.21. The van der Waals surface area contributed by atoms with Gasteiger partial charge in [-0.3, -0.25) is 4.79 Å². The molecule has 2 rings (SSSR count). The maximum Gasteiger partial charge on any atom is 0.307 e. The zero-order chi connectivity index (χ0) is 14.9. The number of carboxylic acids is 1. The minimum Gasteiger partial charge on any atom is -0.481 e. The molecule has 3 atom stereocenters. The van der Waals surface area contributed by atoms with E-state index in [0.29, 0.717) is 12.8 Å². The van der Waals surface area contributed by atoms with E-state index >= 15 is 0 Å². The van der Waals surface area contributed by atoms with Gasteiger partial charge in [0.15, 0.2) is 0 Å². The van der Waals surface area contributed by atoms with Crippen molar-refractivity contribution in [2.45, 2.75) is 45.1 Å². The van der Waals surface area contributed by atoms with Crippen LogP contribution in [0, 0.1) is 11.8 Å². The van der Waals surface area contributed by atoms with E-state index in [1.165, 1.54) is 4.88 Å². The van der Waals surface area contributed by atoms with Gasteiger partial charge >= 0.3 is 5.97 Å². The topological polar surface area (TPSA) is 57.5 Å². The van der Waals surface area contributed by atoms with Gasteiger partial charge in [-0.05, 0) is 30.4 Å². The molecule has 1 aliphatic rings. The monoisotopic (exact) mass is 294 g/mol. The molecule has 0 saturated heterocycles. The summed E-state index contributed by atoms with van der Waals surface area (Å²) in [5.41, 5.74) is 0.0568. The number of hydrogen-bond donors (Lipinski definition) is 2. The average Bonchev–Trinajstić information content (AvgIpc) is 2.87. The van der Waals surface area contributed by atoms with Crippen molar-refractivity contribution >= 4 is 17.3 Å². The Morgan fingerprint density at radius 1 is 1.30 bits per heavy atom. The fourth-order valence-corrected chi connectivity index (χ4v) is 3.72. The summed E-state index contributed by atoms with van der Waals surface area (Å²) in [6.45, 7) is 6.41. The van der Waals surface area contributed by atoms with Crippen LogP contribution in [0.15, 0.2) is 24.3 Å². The van der Waals surface area contributed by atoms with Gasteiger partial charge in [0, 0.05) is 15.7 Å². The summed E-state index contributed by atoms with van der Waals surface area (Å²) in [5, 5.41) is 19.9. The highest BCUT2D eigenvalue weighted by molar-refractivity contribution is 7.12. The zero-order valence-electron chi connectivity index (χ0n) is 12.2. The van der Waals surface area contributed by atoms with Crippen LogP contribution in [0.3, 0.4) is 0 Å². The van der Waals surface area contributed by atoms with Crippen molar-refractivity contribution in [2.75, 3.05) is 0 Å². The molecule has 1 heterocycles. The van der Waals surface area contributed by atoms with Crippen LogP contribution in [0.2, 0.25) is 0 Å². The predicted molar refractivity (Wildman–Crippen MR) is 81.0 cm³/mol. The summed E-state index contributed by atoms with van der Waals surface area (Å²) in [4.78, 5) is 13.4. The summed E-state index contributed by atoms with van der Waals surface area (Å²) >= 11 is 1.59. The third kappa shape index (κ3) is 3.13. The molecule has 0 bridgehead atoms. The molecule has 0 fully saturated rings. The summed E-state index contributed by atoms with van der Waals surface area (Å²) in [7, 11) is 0. The Morgan fingerprint density at radius 3 is 2.50 bits per heavy atom. The first kappa shape index (κ1) is 15.3. The largest absolute Gasteiger partial charge is 0.481 e. The quantitative estimate of drug-likeness (QED) is 0.835. The van der Waals surface area contributed by atoms with Crippen molar-refractivity contribution in [3.63, 3.8) is 0 Å². The van der Waals surface area contributed by atoms with Crippen molar-refractivity contribution in [1.29, 1.82) is 0 Å². The van der Waals surface area contributed by atoms with Gasteiger partial charge in [0.1, 0.15) is 0 Å². The highest BCUT2D eigenvalue weighted by atomic mass is 32.1. The van der Waals surface area contributed by atoms with Crippen molar-refractivity contribution in [3.05, 3.63) is 34.0 Å². The average molecular weight is 294 g/mol. The second-order valence-electron chi connectivity index (χ2n) is 6.45. The number of rotatable bonds is 3. The maximum atomic E-state index is 11.3. The minimum absolute atomic E-state index is 0.0568. The van der Waals surface area contributed by atoms with Crippen molar-refractivity contribution in [3.8, 4) is 0 Å². The molecule has 1 aromatic rings. The van der Waals surface area contributed by atoms with E-state index in [1.807, 2.05) is 24.3 Å². The Labute approximate surface area is 124 Å². The number of thiophene rings is 1.